The second-order valence-corrected chi connectivity index (χ2v) is 6.21. The van der Waals surface area contributed by atoms with Crippen molar-refractivity contribution in [2.75, 3.05) is 29.9 Å². The molecule has 8 nitrogen and oxygen atoms in total. The molecule has 0 spiro atoms. The van der Waals surface area contributed by atoms with E-state index in [-0.39, 0.29) is 28.6 Å². The van der Waals surface area contributed by atoms with Crippen LogP contribution < -0.4 is 10.2 Å². The first-order valence-corrected chi connectivity index (χ1v) is 8.28. The molecule has 1 aromatic rings. The minimum atomic E-state index is -0.380. The maximum Gasteiger partial charge on any atom is 0.353 e. The van der Waals surface area contributed by atoms with Gasteiger partial charge in [-0.25, -0.2) is 9.97 Å². The average Bonchev–Trinajstić information content (AvgIpc) is 3.06. The van der Waals surface area contributed by atoms with E-state index in [4.69, 9.17) is 4.74 Å². The van der Waals surface area contributed by atoms with Gasteiger partial charge in [-0.1, -0.05) is 0 Å². The van der Waals surface area contributed by atoms with Crippen molar-refractivity contribution in [3.05, 3.63) is 16.4 Å². The maximum atomic E-state index is 11.6. The molecule has 8 heteroatoms. The lowest BCUT2D eigenvalue weighted by Gasteiger charge is -2.33. The summed E-state index contributed by atoms with van der Waals surface area (Å²) < 4.78 is 5.55. The van der Waals surface area contributed by atoms with Gasteiger partial charge in [-0.2, -0.15) is 0 Å². The van der Waals surface area contributed by atoms with Gasteiger partial charge >= 0.3 is 5.69 Å². The van der Waals surface area contributed by atoms with E-state index in [0.717, 1.165) is 45.3 Å². The van der Waals surface area contributed by atoms with Gasteiger partial charge in [-0.05, 0) is 39.0 Å². The number of hydrogen-bond donors (Lipinski definition) is 1. The molecule has 2 aliphatic rings. The average molecular weight is 321 g/mol. The predicted octanol–water partition coefficient (Wildman–Crippen LogP) is 2.35. The third-order valence-corrected chi connectivity index (χ3v) is 4.58. The fourth-order valence-electron chi connectivity index (χ4n) is 3.31. The fraction of sp³-hybridized carbons (Fsp3) is 0.733. The summed E-state index contributed by atoms with van der Waals surface area (Å²) in [6, 6.07) is 0.253. The van der Waals surface area contributed by atoms with Crippen molar-refractivity contribution >= 4 is 17.3 Å². The number of nitrogens with zero attached hydrogens (tertiary/aromatic N) is 4. The lowest BCUT2D eigenvalue weighted by molar-refractivity contribution is -0.383. The molecule has 23 heavy (non-hydrogen) atoms. The van der Waals surface area contributed by atoms with E-state index in [1.807, 2.05) is 4.90 Å². The highest BCUT2D eigenvalue weighted by atomic mass is 16.6. The Balaban J connectivity index is 1.84. The second-order valence-electron chi connectivity index (χ2n) is 6.21. The van der Waals surface area contributed by atoms with Crippen molar-refractivity contribution < 1.29 is 9.66 Å². The van der Waals surface area contributed by atoms with Crippen LogP contribution in [0.1, 0.15) is 39.0 Å². The Morgan fingerprint density at radius 1 is 1.39 bits per heavy atom. The van der Waals surface area contributed by atoms with Crippen LogP contribution in [-0.4, -0.2) is 46.7 Å². The molecule has 2 fully saturated rings. The van der Waals surface area contributed by atoms with Crippen LogP contribution in [0.3, 0.4) is 0 Å². The van der Waals surface area contributed by atoms with Crippen LogP contribution >= 0.6 is 0 Å². The molecule has 2 atom stereocenters. The molecule has 3 heterocycles. The topological polar surface area (TPSA) is 93.4 Å². The van der Waals surface area contributed by atoms with E-state index in [1.54, 1.807) is 0 Å². The third kappa shape index (κ3) is 3.52. The number of piperidine rings is 1. The Hall–Kier alpha value is -1.96. The predicted molar refractivity (Wildman–Crippen MR) is 86.8 cm³/mol. The SMILES string of the molecule is CC1CCCCN1c1ncnc(NCC2CCCO2)c1[N+](=O)[O-]. The summed E-state index contributed by atoms with van der Waals surface area (Å²) in [5, 5.41) is 14.7. The number of rotatable bonds is 5. The first-order chi connectivity index (χ1) is 11.2. The lowest BCUT2D eigenvalue weighted by atomic mass is 10.0. The molecule has 2 saturated heterocycles. The van der Waals surface area contributed by atoms with Crippen LogP contribution in [0.5, 0.6) is 0 Å². The van der Waals surface area contributed by atoms with Crippen LogP contribution in [0.25, 0.3) is 0 Å². The van der Waals surface area contributed by atoms with E-state index in [2.05, 4.69) is 22.2 Å². The summed E-state index contributed by atoms with van der Waals surface area (Å²) in [4.78, 5) is 21.6. The van der Waals surface area contributed by atoms with Crippen LogP contribution in [0.4, 0.5) is 17.3 Å². The molecular formula is C15H23N5O3. The van der Waals surface area contributed by atoms with E-state index in [9.17, 15) is 10.1 Å². The second kappa shape index (κ2) is 7.08. The Bertz CT molecular complexity index is 562. The van der Waals surface area contributed by atoms with E-state index < -0.39 is 0 Å². The van der Waals surface area contributed by atoms with Gasteiger partial charge < -0.3 is 15.0 Å². The number of nitro groups is 1. The Morgan fingerprint density at radius 3 is 2.96 bits per heavy atom. The zero-order valence-electron chi connectivity index (χ0n) is 13.4. The highest BCUT2D eigenvalue weighted by Gasteiger charge is 2.31. The summed E-state index contributed by atoms with van der Waals surface area (Å²) in [7, 11) is 0. The maximum absolute atomic E-state index is 11.6. The van der Waals surface area contributed by atoms with E-state index >= 15 is 0 Å². The molecular weight excluding hydrogens is 298 g/mol. The Kier molecular flexibility index (Phi) is 4.90. The van der Waals surface area contributed by atoms with Gasteiger partial charge in [0.2, 0.25) is 11.6 Å². The summed E-state index contributed by atoms with van der Waals surface area (Å²) in [5.74, 6) is 0.709. The van der Waals surface area contributed by atoms with Crippen molar-refractivity contribution in [2.45, 2.75) is 51.2 Å². The molecule has 0 saturated carbocycles. The molecule has 126 valence electrons. The Labute approximate surface area is 135 Å². The minimum absolute atomic E-state index is 0.0285. The van der Waals surface area contributed by atoms with Crippen LogP contribution in [0.2, 0.25) is 0 Å². The molecule has 0 amide bonds. The quantitative estimate of drug-likeness (QED) is 0.657. The third-order valence-electron chi connectivity index (χ3n) is 4.58. The van der Waals surface area contributed by atoms with Gasteiger partial charge in [0.15, 0.2) is 0 Å². The van der Waals surface area contributed by atoms with Gasteiger partial charge in [0, 0.05) is 25.7 Å². The molecule has 1 aromatic heterocycles. The van der Waals surface area contributed by atoms with Gasteiger partial charge in [-0.3, -0.25) is 10.1 Å². The van der Waals surface area contributed by atoms with Crippen molar-refractivity contribution in [1.82, 2.24) is 9.97 Å². The normalized spacial score (nSPS) is 24.7. The Morgan fingerprint density at radius 2 is 2.26 bits per heavy atom. The summed E-state index contributed by atoms with van der Waals surface area (Å²) in [5.41, 5.74) is -0.0285. The first-order valence-electron chi connectivity index (χ1n) is 8.28. The molecule has 2 aliphatic heterocycles. The molecule has 0 radical (unpaired) electrons. The number of anilines is 2. The summed E-state index contributed by atoms with van der Waals surface area (Å²) in [6.45, 7) is 4.18. The lowest BCUT2D eigenvalue weighted by Crippen LogP contribution is -2.38. The molecule has 1 N–H and O–H groups in total. The first kappa shape index (κ1) is 15.9. The zero-order valence-corrected chi connectivity index (χ0v) is 13.4. The van der Waals surface area contributed by atoms with Gasteiger partial charge in [-0.15, -0.1) is 0 Å². The zero-order chi connectivity index (χ0) is 16.2. The number of hydrogen-bond acceptors (Lipinski definition) is 7. The van der Waals surface area contributed by atoms with E-state index in [1.165, 1.54) is 6.33 Å². The van der Waals surface area contributed by atoms with Gasteiger partial charge in [0.25, 0.3) is 0 Å². The van der Waals surface area contributed by atoms with Gasteiger partial charge in [0.05, 0.1) is 11.0 Å². The number of aromatic nitrogens is 2. The van der Waals surface area contributed by atoms with Crippen LogP contribution in [0, 0.1) is 10.1 Å². The summed E-state index contributed by atoms with van der Waals surface area (Å²) >= 11 is 0. The largest absolute Gasteiger partial charge is 0.376 e. The molecule has 0 aliphatic carbocycles. The van der Waals surface area contributed by atoms with E-state index in [0.29, 0.717) is 12.4 Å². The van der Waals surface area contributed by atoms with Gasteiger partial charge in [0.1, 0.15) is 6.33 Å². The fourth-order valence-corrected chi connectivity index (χ4v) is 3.31. The molecule has 3 rings (SSSR count). The highest BCUT2D eigenvalue weighted by molar-refractivity contribution is 5.70. The van der Waals surface area contributed by atoms with Crippen molar-refractivity contribution in [1.29, 1.82) is 0 Å². The number of nitrogens with one attached hydrogen (secondary N) is 1. The summed E-state index contributed by atoms with van der Waals surface area (Å²) in [6.07, 6.45) is 6.73. The molecule has 0 bridgehead atoms. The molecule has 2 unspecified atom stereocenters. The minimum Gasteiger partial charge on any atom is -0.376 e. The van der Waals surface area contributed by atoms with Crippen LogP contribution in [-0.2, 0) is 4.74 Å². The van der Waals surface area contributed by atoms with Crippen molar-refractivity contribution in [2.24, 2.45) is 0 Å². The standard InChI is InChI=1S/C15H23N5O3/c1-11-5-2-3-7-19(11)15-13(20(21)22)14(17-10-18-15)16-9-12-6-4-8-23-12/h10-12H,2-9H2,1H3,(H,16,17,18). The van der Waals surface area contributed by atoms with Crippen molar-refractivity contribution in [3.8, 4) is 0 Å². The van der Waals surface area contributed by atoms with Crippen LogP contribution in [0.15, 0.2) is 6.33 Å². The highest BCUT2D eigenvalue weighted by Crippen LogP contribution is 2.35. The number of ether oxygens (including phenoxy) is 1. The molecule has 0 aromatic carbocycles. The monoisotopic (exact) mass is 321 g/mol. The smallest absolute Gasteiger partial charge is 0.353 e. The van der Waals surface area contributed by atoms with Crippen molar-refractivity contribution in [3.63, 3.8) is 0 Å².